The smallest absolute Gasteiger partial charge is 0.188 e. The van der Waals surface area contributed by atoms with Crippen LogP contribution in [-0.4, -0.2) is 17.4 Å². The van der Waals surface area contributed by atoms with Crippen LogP contribution in [-0.2, 0) is 0 Å². The fourth-order valence-electron chi connectivity index (χ4n) is 4.13. The van der Waals surface area contributed by atoms with E-state index < -0.39 is 5.72 Å². The van der Waals surface area contributed by atoms with E-state index in [1.165, 1.54) is 11.1 Å². The second kappa shape index (κ2) is 6.16. The Labute approximate surface area is 160 Å². The zero-order chi connectivity index (χ0) is 18.5. The normalized spacial score (nSPS) is 23.8. The Morgan fingerprint density at radius 1 is 1.23 bits per heavy atom. The lowest BCUT2D eigenvalue weighted by molar-refractivity contribution is 0.0455. The molecule has 0 aromatic heterocycles. The summed E-state index contributed by atoms with van der Waals surface area (Å²) in [6.07, 6.45) is 0.809. The molecule has 1 saturated heterocycles. The molecule has 136 valence electrons. The van der Waals surface area contributed by atoms with Gasteiger partial charge in [-0.2, -0.15) is 0 Å². The third-order valence-electron chi connectivity index (χ3n) is 5.23. The van der Waals surface area contributed by atoms with Crippen LogP contribution in [0.5, 0.6) is 11.5 Å². The van der Waals surface area contributed by atoms with Gasteiger partial charge in [0, 0.05) is 12.0 Å². The number of hydrogen-bond acceptors (Lipinski definition) is 3. The molecule has 0 spiro atoms. The Morgan fingerprint density at radius 3 is 2.62 bits per heavy atom. The van der Waals surface area contributed by atoms with Crippen molar-refractivity contribution >= 4 is 23.0 Å². The lowest BCUT2D eigenvalue weighted by Crippen LogP contribution is -2.65. The van der Waals surface area contributed by atoms with Crippen molar-refractivity contribution in [1.82, 2.24) is 5.32 Å². The SMILES string of the molecule is CCOc1cccc2c1OC1(C)CC2NC(=S)N1c1c(C)cccc1C. The molecule has 0 aliphatic carbocycles. The Balaban J connectivity index is 1.85. The van der Waals surface area contributed by atoms with Gasteiger partial charge < -0.3 is 14.8 Å². The molecule has 2 aromatic rings. The van der Waals surface area contributed by atoms with Crippen molar-refractivity contribution in [2.45, 2.75) is 45.9 Å². The summed E-state index contributed by atoms with van der Waals surface area (Å²) in [5.41, 5.74) is 4.02. The van der Waals surface area contributed by atoms with E-state index in [1.54, 1.807) is 0 Å². The second-order valence-electron chi connectivity index (χ2n) is 7.17. The summed E-state index contributed by atoms with van der Waals surface area (Å²) in [6, 6.07) is 12.5. The van der Waals surface area contributed by atoms with Crippen molar-refractivity contribution in [3.63, 3.8) is 0 Å². The monoisotopic (exact) mass is 368 g/mol. The number of benzene rings is 2. The Morgan fingerprint density at radius 2 is 1.92 bits per heavy atom. The zero-order valence-electron chi connectivity index (χ0n) is 15.6. The van der Waals surface area contributed by atoms with Crippen LogP contribution in [0.2, 0.25) is 0 Å². The minimum atomic E-state index is -0.565. The van der Waals surface area contributed by atoms with Crippen molar-refractivity contribution in [1.29, 1.82) is 0 Å². The third-order valence-corrected chi connectivity index (χ3v) is 5.53. The highest BCUT2D eigenvalue weighted by molar-refractivity contribution is 7.80. The standard InChI is InChI=1S/C21H24N2O2S/c1-5-24-17-11-7-10-15-16-12-21(4,25-19(15)17)23(20(26)22-16)18-13(2)8-6-9-14(18)3/h6-11,16H,5,12H2,1-4H3,(H,22,26). The van der Waals surface area contributed by atoms with Crippen molar-refractivity contribution < 1.29 is 9.47 Å². The highest BCUT2D eigenvalue weighted by Crippen LogP contribution is 2.49. The molecule has 1 fully saturated rings. The van der Waals surface area contributed by atoms with Crippen LogP contribution < -0.4 is 19.7 Å². The van der Waals surface area contributed by atoms with E-state index in [0.717, 1.165) is 29.2 Å². The summed E-state index contributed by atoms with van der Waals surface area (Å²) in [6.45, 7) is 8.94. The number of aryl methyl sites for hydroxylation is 2. The zero-order valence-corrected chi connectivity index (χ0v) is 16.4. The van der Waals surface area contributed by atoms with Gasteiger partial charge in [-0.1, -0.05) is 30.3 Å². The van der Waals surface area contributed by atoms with Crippen molar-refractivity contribution in [2.24, 2.45) is 0 Å². The number of thiocarbonyl (C=S) groups is 1. The van der Waals surface area contributed by atoms with Crippen molar-refractivity contribution in [3.8, 4) is 11.5 Å². The van der Waals surface area contributed by atoms with Crippen LogP contribution in [0.3, 0.4) is 0 Å². The summed E-state index contributed by atoms with van der Waals surface area (Å²) in [4.78, 5) is 2.13. The van der Waals surface area contributed by atoms with Gasteiger partial charge in [-0.05, 0) is 57.1 Å². The van der Waals surface area contributed by atoms with E-state index in [1.807, 2.05) is 19.1 Å². The minimum absolute atomic E-state index is 0.122. The average molecular weight is 369 g/mol. The Bertz CT molecular complexity index is 862. The molecule has 0 saturated carbocycles. The molecule has 4 nitrogen and oxygen atoms in total. The van der Waals surface area contributed by atoms with E-state index in [9.17, 15) is 0 Å². The largest absolute Gasteiger partial charge is 0.490 e. The van der Waals surface area contributed by atoms with E-state index in [2.05, 4.69) is 55.3 Å². The van der Waals surface area contributed by atoms with E-state index in [4.69, 9.17) is 21.7 Å². The molecule has 2 aliphatic rings. The van der Waals surface area contributed by atoms with E-state index in [0.29, 0.717) is 11.7 Å². The molecule has 2 aromatic carbocycles. The summed E-state index contributed by atoms with van der Waals surface area (Å²) < 4.78 is 12.4. The van der Waals surface area contributed by atoms with E-state index >= 15 is 0 Å². The number of fused-ring (bicyclic) bond motifs is 4. The summed E-state index contributed by atoms with van der Waals surface area (Å²) in [7, 11) is 0. The number of hydrogen-bond donors (Lipinski definition) is 1. The highest BCUT2D eigenvalue weighted by atomic mass is 32.1. The molecule has 26 heavy (non-hydrogen) atoms. The quantitative estimate of drug-likeness (QED) is 0.799. The second-order valence-corrected chi connectivity index (χ2v) is 7.55. The molecule has 4 rings (SSSR count). The van der Waals surface area contributed by atoms with Crippen LogP contribution in [0.15, 0.2) is 36.4 Å². The minimum Gasteiger partial charge on any atom is -0.490 e. The first kappa shape index (κ1) is 17.2. The maximum absolute atomic E-state index is 6.59. The molecule has 0 radical (unpaired) electrons. The van der Waals surface area contributed by atoms with Gasteiger partial charge in [-0.25, -0.2) is 0 Å². The molecule has 2 atom stereocenters. The van der Waals surface area contributed by atoms with Gasteiger partial charge in [-0.15, -0.1) is 0 Å². The van der Waals surface area contributed by atoms with Gasteiger partial charge >= 0.3 is 0 Å². The molecule has 2 heterocycles. The van der Waals surface area contributed by atoms with Crippen LogP contribution in [0.1, 0.15) is 43.0 Å². The number of rotatable bonds is 3. The van der Waals surface area contributed by atoms with Crippen molar-refractivity contribution in [3.05, 3.63) is 53.1 Å². The molecular weight excluding hydrogens is 344 g/mol. The van der Waals surface area contributed by atoms with Gasteiger partial charge in [0.15, 0.2) is 22.3 Å². The van der Waals surface area contributed by atoms with E-state index in [-0.39, 0.29) is 6.04 Å². The third kappa shape index (κ3) is 2.53. The number of anilines is 1. The van der Waals surface area contributed by atoms with Gasteiger partial charge in [0.2, 0.25) is 0 Å². The predicted molar refractivity (Wildman–Crippen MR) is 108 cm³/mol. The maximum atomic E-state index is 6.59. The van der Waals surface area contributed by atoms with Crippen LogP contribution in [0.4, 0.5) is 5.69 Å². The van der Waals surface area contributed by atoms with Crippen LogP contribution in [0, 0.1) is 13.8 Å². The van der Waals surface area contributed by atoms with Crippen LogP contribution in [0.25, 0.3) is 0 Å². The molecule has 2 bridgehead atoms. The first-order chi connectivity index (χ1) is 12.4. The molecule has 5 heteroatoms. The van der Waals surface area contributed by atoms with Gasteiger partial charge in [0.05, 0.1) is 18.3 Å². The lowest BCUT2D eigenvalue weighted by Gasteiger charge is -2.52. The highest BCUT2D eigenvalue weighted by Gasteiger charge is 2.49. The fraction of sp³-hybridized carbons (Fsp3) is 0.381. The number of para-hydroxylation sites is 2. The summed E-state index contributed by atoms with van der Waals surface area (Å²) in [5.74, 6) is 1.61. The number of nitrogens with one attached hydrogen (secondary N) is 1. The first-order valence-corrected chi connectivity index (χ1v) is 9.47. The predicted octanol–water partition coefficient (Wildman–Crippen LogP) is 4.64. The maximum Gasteiger partial charge on any atom is 0.188 e. The van der Waals surface area contributed by atoms with Gasteiger partial charge in [0.1, 0.15) is 0 Å². The molecule has 2 aliphatic heterocycles. The molecular formula is C21H24N2O2S. The van der Waals surface area contributed by atoms with Gasteiger partial charge in [-0.3, -0.25) is 4.90 Å². The molecule has 2 unspecified atom stereocenters. The average Bonchev–Trinajstić information content (AvgIpc) is 2.58. The summed E-state index contributed by atoms with van der Waals surface area (Å²) in [5, 5.41) is 4.23. The van der Waals surface area contributed by atoms with Crippen LogP contribution >= 0.6 is 12.2 Å². The van der Waals surface area contributed by atoms with Gasteiger partial charge in [0.25, 0.3) is 0 Å². The first-order valence-electron chi connectivity index (χ1n) is 9.06. The number of nitrogens with zero attached hydrogens (tertiary/aromatic N) is 1. The molecule has 1 N–H and O–H groups in total. The molecule has 0 amide bonds. The lowest BCUT2D eigenvalue weighted by atomic mass is 9.89. The topological polar surface area (TPSA) is 33.7 Å². The fourth-order valence-corrected chi connectivity index (χ4v) is 4.55. The van der Waals surface area contributed by atoms with Crippen molar-refractivity contribution in [2.75, 3.05) is 11.5 Å². The summed E-state index contributed by atoms with van der Waals surface area (Å²) >= 11 is 5.77. The Kier molecular flexibility index (Phi) is 4.07. The Hall–Kier alpha value is -2.27. The number of ether oxygens (including phenoxy) is 2.